The van der Waals surface area contributed by atoms with E-state index >= 15 is 0 Å². The third kappa shape index (κ3) is 6.01. The molecule has 0 spiro atoms. The first kappa shape index (κ1) is 32.4. The van der Waals surface area contributed by atoms with E-state index in [0.717, 1.165) is 23.7 Å². The number of nitrogens with one attached hydrogen (secondary N) is 2. The van der Waals surface area contributed by atoms with Crippen LogP contribution in [0.1, 0.15) is 108 Å². The van der Waals surface area contributed by atoms with Crippen molar-refractivity contribution in [3.63, 3.8) is 0 Å². The SMILES string of the molecule is CC(C)(C)[c-]1cc(C(P)(C2CCCCN2)C2CCCCN2)c(C2(CP)C3CC4CC(C3)CC2C4)c1.[Fe].[cH-]1[cH-][cH-][cH-][cH-]1. The van der Waals surface area contributed by atoms with Crippen molar-refractivity contribution < 1.29 is 17.1 Å². The van der Waals surface area contributed by atoms with Crippen molar-refractivity contribution in [2.45, 2.75) is 119 Å². The Morgan fingerprint density at radius 1 is 0.805 bits per heavy atom. The van der Waals surface area contributed by atoms with Crippen LogP contribution in [-0.2, 0) is 33.1 Å². The minimum Gasteiger partial charge on any atom is -0.748 e. The van der Waals surface area contributed by atoms with Gasteiger partial charge in [0.25, 0.3) is 0 Å². The van der Waals surface area contributed by atoms with Crippen molar-refractivity contribution in [3.05, 3.63) is 59.2 Å². The molecule has 5 heteroatoms. The summed E-state index contributed by atoms with van der Waals surface area (Å²) in [6.07, 6.45) is 16.8. The first-order valence-electron chi connectivity index (χ1n) is 16.7. The number of rotatable bonds is 5. The van der Waals surface area contributed by atoms with E-state index < -0.39 is 0 Å². The Bertz CT molecular complexity index is 1020. The maximum Gasteiger partial charge on any atom is 0.00990 e. The fraction of sp³-hybridized carbons (Fsp3) is 0.722. The Morgan fingerprint density at radius 3 is 1.68 bits per heavy atom. The molecule has 0 amide bonds. The summed E-state index contributed by atoms with van der Waals surface area (Å²) in [6, 6.07) is 16.5. The fourth-order valence-corrected chi connectivity index (χ4v) is 11.7. The molecule has 4 saturated carbocycles. The van der Waals surface area contributed by atoms with Crippen molar-refractivity contribution >= 4 is 18.5 Å². The molecule has 4 aliphatic carbocycles. The molecular formula is C36H56FeN2P2-6. The van der Waals surface area contributed by atoms with Gasteiger partial charge in [0.1, 0.15) is 0 Å². The second-order valence-corrected chi connectivity index (χ2v) is 16.6. The van der Waals surface area contributed by atoms with E-state index in [-0.39, 0.29) is 27.6 Å². The Kier molecular flexibility index (Phi) is 10.4. The van der Waals surface area contributed by atoms with Crippen molar-refractivity contribution in [2.24, 2.45) is 23.7 Å². The maximum atomic E-state index is 4.06. The molecular weight excluding hydrogens is 578 g/mol. The van der Waals surface area contributed by atoms with Crippen molar-refractivity contribution in [2.75, 3.05) is 19.3 Å². The minimum atomic E-state index is 0. The molecule has 0 aromatic heterocycles. The summed E-state index contributed by atoms with van der Waals surface area (Å²) in [6.45, 7) is 9.66. The number of hydrogen-bond acceptors (Lipinski definition) is 2. The van der Waals surface area contributed by atoms with Crippen LogP contribution in [0.4, 0.5) is 0 Å². The summed E-state index contributed by atoms with van der Waals surface area (Å²) in [5, 5.41) is 8.20. The van der Waals surface area contributed by atoms with Gasteiger partial charge in [0, 0.05) is 29.2 Å². The predicted molar refractivity (Wildman–Crippen MR) is 179 cm³/mol. The molecule has 4 unspecified atom stereocenters. The van der Waals surface area contributed by atoms with E-state index in [2.05, 4.69) is 62.0 Å². The second kappa shape index (κ2) is 13.2. The molecule has 2 N–H and O–H groups in total. The van der Waals surface area contributed by atoms with Crippen LogP contribution in [0.5, 0.6) is 0 Å². The Hall–Kier alpha value is -0.000519. The van der Waals surface area contributed by atoms with Gasteiger partial charge in [0.05, 0.1) is 0 Å². The maximum absolute atomic E-state index is 4.06. The first-order valence-corrected chi connectivity index (χ1v) is 18.1. The van der Waals surface area contributed by atoms with Gasteiger partial charge in [0.15, 0.2) is 0 Å². The Balaban J connectivity index is 0.000000510. The predicted octanol–water partition coefficient (Wildman–Crippen LogP) is 8.03. The monoisotopic (exact) mass is 634 g/mol. The van der Waals surface area contributed by atoms with Gasteiger partial charge < -0.3 is 41.0 Å². The van der Waals surface area contributed by atoms with Crippen LogP contribution < -0.4 is 10.6 Å². The van der Waals surface area contributed by atoms with Crippen LogP contribution in [-0.4, -0.2) is 31.3 Å². The van der Waals surface area contributed by atoms with Gasteiger partial charge in [-0.3, -0.25) is 0 Å². The summed E-state index contributed by atoms with van der Waals surface area (Å²) >= 11 is 0. The summed E-state index contributed by atoms with van der Waals surface area (Å²) in [5.41, 5.74) is 5.61. The quantitative estimate of drug-likeness (QED) is 0.198. The van der Waals surface area contributed by atoms with E-state index in [1.54, 1.807) is 16.7 Å². The average molecular weight is 635 g/mol. The van der Waals surface area contributed by atoms with E-state index in [4.69, 9.17) is 0 Å². The van der Waals surface area contributed by atoms with Crippen LogP contribution in [0.25, 0.3) is 0 Å². The molecule has 4 atom stereocenters. The molecule has 4 bridgehead atoms. The van der Waals surface area contributed by atoms with E-state index in [1.807, 2.05) is 30.3 Å². The normalized spacial score (nSPS) is 36.1. The molecule has 41 heavy (non-hydrogen) atoms. The van der Waals surface area contributed by atoms with Gasteiger partial charge >= 0.3 is 0 Å². The summed E-state index contributed by atoms with van der Waals surface area (Å²) in [5.74, 6) is 3.81. The topological polar surface area (TPSA) is 24.1 Å². The average Bonchev–Trinajstić information content (AvgIpc) is 3.68. The van der Waals surface area contributed by atoms with Gasteiger partial charge in [-0.25, -0.2) is 0 Å². The van der Waals surface area contributed by atoms with E-state index in [9.17, 15) is 0 Å². The largest absolute Gasteiger partial charge is 0.748 e. The van der Waals surface area contributed by atoms with Crippen molar-refractivity contribution in [1.82, 2.24) is 10.6 Å². The standard InChI is InChI=1S/C31H51N2P2.C5H5.Fe/c1-29(2,3)22-17-25(30(19-34)23-13-20-12-21(15-23)16-24(30)14-20)26(18-22)31(35,27-8-4-6-10-32-27)28-9-5-7-11-33-28;1-2-4-5-3-1;/h17-18,20-21,23-24,27-28,32-33H,4-16,19,34-35H2,1-3H3;1-5H;/q-1;-5;. The van der Waals surface area contributed by atoms with Crippen LogP contribution in [0.3, 0.4) is 0 Å². The van der Waals surface area contributed by atoms with Gasteiger partial charge in [-0.2, -0.15) is 28.8 Å². The number of piperidine rings is 2. The molecule has 2 aromatic carbocycles. The molecule has 2 aliphatic heterocycles. The summed E-state index contributed by atoms with van der Waals surface area (Å²) in [7, 11) is 6.84. The molecule has 2 saturated heterocycles. The van der Waals surface area contributed by atoms with Gasteiger partial charge in [-0.05, 0) is 106 Å². The molecule has 8 rings (SSSR count). The first-order chi connectivity index (χ1) is 19.3. The molecule has 2 heterocycles. The zero-order valence-electron chi connectivity index (χ0n) is 25.9. The smallest absolute Gasteiger partial charge is 0.00990 e. The zero-order valence-corrected chi connectivity index (χ0v) is 29.3. The molecule has 6 aliphatic rings. The van der Waals surface area contributed by atoms with Crippen LogP contribution in [0.15, 0.2) is 42.5 Å². The molecule has 0 radical (unpaired) electrons. The molecule has 2 aromatic rings. The molecule has 2 nitrogen and oxygen atoms in total. The van der Waals surface area contributed by atoms with Crippen molar-refractivity contribution in [3.8, 4) is 0 Å². The molecule has 6 fully saturated rings. The Morgan fingerprint density at radius 2 is 1.29 bits per heavy atom. The van der Waals surface area contributed by atoms with Crippen molar-refractivity contribution in [1.29, 1.82) is 0 Å². The summed E-state index contributed by atoms with van der Waals surface area (Å²) < 4.78 is 0. The van der Waals surface area contributed by atoms with Gasteiger partial charge in [-0.15, -0.1) is 18.5 Å². The van der Waals surface area contributed by atoms with Gasteiger partial charge in [-0.1, -0.05) is 44.4 Å². The third-order valence-electron chi connectivity index (χ3n) is 12.0. The summed E-state index contributed by atoms with van der Waals surface area (Å²) in [4.78, 5) is 0. The zero-order chi connectivity index (χ0) is 28.0. The van der Waals surface area contributed by atoms with E-state index in [0.29, 0.717) is 17.5 Å². The molecule has 234 valence electrons. The number of hydrogen-bond donors (Lipinski definition) is 2. The van der Waals surface area contributed by atoms with Crippen LogP contribution >= 0.6 is 18.5 Å². The minimum absolute atomic E-state index is 0. The van der Waals surface area contributed by atoms with Crippen LogP contribution in [0.2, 0.25) is 0 Å². The van der Waals surface area contributed by atoms with E-state index in [1.165, 1.54) is 89.9 Å². The second-order valence-electron chi connectivity index (χ2n) is 15.3. The fourth-order valence-electron chi connectivity index (χ4n) is 10.1. The Labute approximate surface area is 266 Å². The van der Waals surface area contributed by atoms with Crippen LogP contribution in [0, 0.1) is 23.7 Å². The van der Waals surface area contributed by atoms with Gasteiger partial charge in [0.2, 0.25) is 0 Å². The third-order valence-corrected chi connectivity index (χ3v) is 13.8.